The number of hydrogen-bond donors (Lipinski definition) is 0. The average Bonchev–Trinajstić information content (AvgIpc) is 3.21. The van der Waals surface area contributed by atoms with Crippen molar-refractivity contribution in [3.8, 4) is 0 Å². The molecule has 1 aromatic heterocycles. The molecule has 0 radical (unpaired) electrons. The first-order valence-electron chi connectivity index (χ1n) is 11.5. The topological polar surface area (TPSA) is 81.5 Å². The summed E-state index contributed by atoms with van der Waals surface area (Å²) < 4.78 is 33.5. The number of nitrogens with zero attached hydrogens (tertiary/aromatic N) is 3. The monoisotopic (exact) mass is 517 g/mol. The number of rotatable bonds is 11. The van der Waals surface area contributed by atoms with Gasteiger partial charge in [-0.05, 0) is 36.6 Å². The van der Waals surface area contributed by atoms with Crippen LogP contribution in [0.5, 0.6) is 0 Å². The minimum atomic E-state index is -3.73. The largest absolute Gasteiger partial charge is 0.383 e. The smallest absolute Gasteiger partial charge is 0.254 e. The van der Waals surface area contributed by atoms with Crippen molar-refractivity contribution in [1.82, 2.24) is 14.5 Å². The van der Waals surface area contributed by atoms with Crippen molar-refractivity contribution in [2.75, 3.05) is 20.3 Å². The second kappa shape index (κ2) is 11.8. The molecule has 0 fully saturated rings. The molecule has 0 unspecified atom stereocenters. The Labute approximate surface area is 212 Å². The fourth-order valence-corrected chi connectivity index (χ4v) is 5.52. The second-order valence-electron chi connectivity index (χ2n) is 9.01. The SMILES string of the molecule is COCCn1c(CN(CC(C)C)C(=O)c2cccc(Cl)c2)cnc1S(=O)(=O)Cc1ccc(C)cc1. The zero-order chi connectivity index (χ0) is 25.6. The summed E-state index contributed by atoms with van der Waals surface area (Å²) in [7, 11) is -2.17. The Morgan fingerprint density at radius 3 is 2.51 bits per heavy atom. The van der Waals surface area contributed by atoms with Gasteiger partial charge in [0.1, 0.15) is 0 Å². The van der Waals surface area contributed by atoms with Crippen molar-refractivity contribution in [2.24, 2.45) is 5.92 Å². The first-order valence-corrected chi connectivity index (χ1v) is 13.5. The summed E-state index contributed by atoms with van der Waals surface area (Å²) in [5.74, 6) is -0.128. The van der Waals surface area contributed by atoms with Gasteiger partial charge in [-0.3, -0.25) is 4.79 Å². The van der Waals surface area contributed by atoms with E-state index in [2.05, 4.69) is 4.98 Å². The highest BCUT2D eigenvalue weighted by atomic mass is 35.5. The van der Waals surface area contributed by atoms with Gasteiger partial charge in [-0.2, -0.15) is 0 Å². The molecule has 0 aliphatic rings. The van der Waals surface area contributed by atoms with Gasteiger partial charge < -0.3 is 14.2 Å². The quantitative estimate of drug-likeness (QED) is 0.366. The number of halogens is 1. The molecule has 0 N–H and O–H groups in total. The van der Waals surface area contributed by atoms with E-state index in [1.807, 2.05) is 45.0 Å². The van der Waals surface area contributed by atoms with Crippen molar-refractivity contribution in [1.29, 1.82) is 0 Å². The van der Waals surface area contributed by atoms with Gasteiger partial charge in [-0.15, -0.1) is 0 Å². The number of aryl methyl sites for hydroxylation is 1. The Morgan fingerprint density at radius 2 is 1.89 bits per heavy atom. The fourth-order valence-electron chi connectivity index (χ4n) is 3.82. The number of aromatic nitrogens is 2. The van der Waals surface area contributed by atoms with Crippen LogP contribution in [0.15, 0.2) is 59.9 Å². The Morgan fingerprint density at radius 1 is 1.17 bits per heavy atom. The molecule has 35 heavy (non-hydrogen) atoms. The maximum Gasteiger partial charge on any atom is 0.254 e. The maximum atomic E-state index is 13.3. The number of ether oxygens (including phenoxy) is 1. The number of hydrogen-bond acceptors (Lipinski definition) is 5. The number of imidazole rings is 1. The predicted octanol–water partition coefficient (Wildman–Crippen LogP) is 4.76. The van der Waals surface area contributed by atoms with Gasteiger partial charge in [-0.1, -0.05) is 61.3 Å². The van der Waals surface area contributed by atoms with Crippen molar-refractivity contribution in [3.63, 3.8) is 0 Å². The van der Waals surface area contributed by atoms with E-state index < -0.39 is 9.84 Å². The Hall–Kier alpha value is -2.68. The molecule has 188 valence electrons. The van der Waals surface area contributed by atoms with E-state index in [4.69, 9.17) is 16.3 Å². The Bertz CT molecular complexity index is 1250. The summed E-state index contributed by atoms with van der Waals surface area (Å²) in [6.07, 6.45) is 1.54. The highest BCUT2D eigenvalue weighted by Crippen LogP contribution is 2.21. The van der Waals surface area contributed by atoms with Crippen LogP contribution in [0.1, 0.15) is 41.0 Å². The average molecular weight is 518 g/mol. The first kappa shape index (κ1) is 26.9. The predicted molar refractivity (Wildman–Crippen MR) is 137 cm³/mol. The van der Waals surface area contributed by atoms with Crippen molar-refractivity contribution in [3.05, 3.63) is 82.1 Å². The summed E-state index contributed by atoms with van der Waals surface area (Å²) in [5.41, 5.74) is 2.86. The van der Waals surface area contributed by atoms with Gasteiger partial charge >= 0.3 is 0 Å². The summed E-state index contributed by atoms with van der Waals surface area (Å²) in [6, 6.07) is 14.2. The maximum absolute atomic E-state index is 13.3. The summed E-state index contributed by atoms with van der Waals surface area (Å²) >= 11 is 6.11. The number of methoxy groups -OCH3 is 1. The molecule has 0 atom stereocenters. The van der Waals surface area contributed by atoms with E-state index in [-0.39, 0.29) is 29.3 Å². The molecule has 7 nitrogen and oxygen atoms in total. The van der Waals surface area contributed by atoms with Crippen molar-refractivity contribution >= 4 is 27.3 Å². The Balaban J connectivity index is 1.94. The van der Waals surface area contributed by atoms with Crippen LogP contribution < -0.4 is 0 Å². The first-order chi connectivity index (χ1) is 16.6. The van der Waals surface area contributed by atoms with E-state index in [1.165, 1.54) is 6.20 Å². The van der Waals surface area contributed by atoms with Crippen LogP contribution in [0, 0.1) is 12.8 Å². The van der Waals surface area contributed by atoms with Gasteiger partial charge in [0.05, 0.1) is 30.8 Å². The molecule has 0 aliphatic heterocycles. The molecule has 1 amide bonds. The van der Waals surface area contributed by atoms with Crippen molar-refractivity contribution in [2.45, 2.75) is 44.8 Å². The molecule has 0 bridgehead atoms. The lowest BCUT2D eigenvalue weighted by molar-refractivity contribution is 0.0717. The van der Waals surface area contributed by atoms with E-state index in [0.717, 1.165) is 5.56 Å². The zero-order valence-corrected chi connectivity index (χ0v) is 22.1. The molecule has 2 aromatic carbocycles. The normalized spacial score (nSPS) is 11.7. The number of carbonyl (C=O) groups is 1. The number of carbonyl (C=O) groups excluding carboxylic acids is 1. The number of amides is 1. The number of sulfone groups is 1. The van der Waals surface area contributed by atoms with Crippen LogP contribution in [0.2, 0.25) is 5.02 Å². The van der Waals surface area contributed by atoms with Crippen LogP contribution in [0.25, 0.3) is 0 Å². The standard InChI is InChI=1S/C26H32ClN3O4S/c1-19(2)16-29(25(31)22-6-5-7-23(27)14-22)17-24-15-28-26(30(24)12-13-34-4)35(32,33)18-21-10-8-20(3)9-11-21/h5-11,14-15,19H,12-13,16-18H2,1-4H3. The third-order valence-electron chi connectivity index (χ3n) is 5.47. The zero-order valence-electron chi connectivity index (χ0n) is 20.6. The highest BCUT2D eigenvalue weighted by molar-refractivity contribution is 7.90. The number of benzene rings is 2. The molecule has 0 spiro atoms. The van der Waals surface area contributed by atoms with E-state index >= 15 is 0 Å². The van der Waals surface area contributed by atoms with Crippen LogP contribution in [-0.2, 0) is 33.4 Å². The van der Waals surface area contributed by atoms with Gasteiger partial charge in [0.2, 0.25) is 15.0 Å². The minimum absolute atomic E-state index is 0.0233. The van der Waals surface area contributed by atoms with Gasteiger partial charge in [0.25, 0.3) is 5.91 Å². The summed E-state index contributed by atoms with van der Waals surface area (Å²) in [5, 5.41) is 0.458. The lowest BCUT2D eigenvalue weighted by Gasteiger charge is -2.25. The second-order valence-corrected chi connectivity index (χ2v) is 11.3. The minimum Gasteiger partial charge on any atom is -0.383 e. The van der Waals surface area contributed by atoms with Gasteiger partial charge in [-0.25, -0.2) is 13.4 Å². The molecule has 0 saturated carbocycles. The molecule has 0 saturated heterocycles. The van der Waals surface area contributed by atoms with E-state index in [9.17, 15) is 13.2 Å². The van der Waals surface area contributed by atoms with Gasteiger partial charge in [0.15, 0.2) is 0 Å². The third kappa shape index (κ3) is 7.16. The van der Waals surface area contributed by atoms with Crippen LogP contribution in [-0.4, -0.2) is 49.0 Å². The fraction of sp³-hybridized carbons (Fsp3) is 0.385. The van der Waals surface area contributed by atoms with Gasteiger partial charge in [0, 0.05) is 30.8 Å². The van der Waals surface area contributed by atoms with E-state index in [0.29, 0.717) is 41.5 Å². The van der Waals surface area contributed by atoms with Crippen molar-refractivity contribution < 1.29 is 17.9 Å². The lowest BCUT2D eigenvalue weighted by Crippen LogP contribution is -2.34. The van der Waals surface area contributed by atoms with Crippen LogP contribution in [0.4, 0.5) is 0 Å². The molecule has 3 rings (SSSR count). The van der Waals surface area contributed by atoms with Crippen LogP contribution >= 0.6 is 11.6 Å². The molecule has 1 heterocycles. The molecule has 9 heteroatoms. The molecular weight excluding hydrogens is 486 g/mol. The Kier molecular flexibility index (Phi) is 9.10. The van der Waals surface area contributed by atoms with Crippen LogP contribution in [0.3, 0.4) is 0 Å². The third-order valence-corrected chi connectivity index (χ3v) is 7.30. The van der Waals surface area contributed by atoms with E-state index in [1.54, 1.807) is 40.8 Å². The highest BCUT2D eigenvalue weighted by Gasteiger charge is 2.26. The molecular formula is C26H32ClN3O4S. The lowest BCUT2D eigenvalue weighted by atomic mass is 10.1. The summed E-state index contributed by atoms with van der Waals surface area (Å²) in [6.45, 7) is 7.32. The summed E-state index contributed by atoms with van der Waals surface area (Å²) in [4.78, 5) is 19.3. The molecule has 0 aliphatic carbocycles. The molecule has 3 aromatic rings.